The van der Waals surface area contributed by atoms with Gasteiger partial charge < -0.3 is 10.4 Å². The van der Waals surface area contributed by atoms with Gasteiger partial charge in [-0.3, -0.25) is 0 Å². The maximum atomic E-state index is 11.1. The lowest BCUT2D eigenvalue weighted by Gasteiger charge is -2.39. The summed E-state index contributed by atoms with van der Waals surface area (Å²) in [5.41, 5.74) is 1.45. The second kappa shape index (κ2) is 5.53. The van der Waals surface area contributed by atoms with E-state index in [0.717, 1.165) is 16.6 Å². The number of hydrogen-bond donors (Lipinski definition) is 2. The molecule has 1 aliphatic rings. The van der Waals surface area contributed by atoms with Gasteiger partial charge in [-0.25, -0.2) is 4.79 Å². The van der Waals surface area contributed by atoms with Gasteiger partial charge in [-0.05, 0) is 36.5 Å². The molecule has 1 atom stereocenters. The van der Waals surface area contributed by atoms with Gasteiger partial charge in [0.1, 0.15) is 0 Å². The summed E-state index contributed by atoms with van der Waals surface area (Å²) in [7, 11) is 0. The van der Waals surface area contributed by atoms with Crippen LogP contribution in [-0.4, -0.2) is 17.1 Å². The average Bonchev–Trinajstić information content (AvgIpc) is 2.31. The smallest absolute Gasteiger partial charge is 0.335 e. The molecule has 0 heterocycles. The SMILES string of the molecule is CC1(C)CCCCC1Nc1cc(Br)cc(C(=O)O)c1. The molecule has 1 aromatic carbocycles. The number of benzene rings is 1. The van der Waals surface area contributed by atoms with Crippen LogP contribution in [0.1, 0.15) is 49.9 Å². The molecule has 1 aliphatic carbocycles. The summed E-state index contributed by atoms with van der Waals surface area (Å²) in [6, 6.07) is 5.67. The second-order valence-corrected chi connectivity index (χ2v) is 6.88. The number of carbonyl (C=O) groups is 1. The van der Waals surface area contributed by atoms with Crippen LogP contribution in [0.25, 0.3) is 0 Å². The van der Waals surface area contributed by atoms with Crippen molar-refractivity contribution in [2.24, 2.45) is 5.41 Å². The second-order valence-electron chi connectivity index (χ2n) is 5.97. The summed E-state index contributed by atoms with van der Waals surface area (Å²) in [5, 5.41) is 12.6. The third-order valence-corrected chi connectivity index (χ3v) is 4.45. The third-order valence-electron chi connectivity index (χ3n) is 3.99. The van der Waals surface area contributed by atoms with Gasteiger partial charge >= 0.3 is 5.97 Å². The predicted octanol–water partition coefficient (Wildman–Crippen LogP) is 4.53. The van der Waals surface area contributed by atoms with E-state index in [2.05, 4.69) is 35.1 Å². The maximum Gasteiger partial charge on any atom is 0.335 e. The van der Waals surface area contributed by atoms with E-state index in [4.69, 9.17) is 5.11 Å². The molecule has 0 saturated heterocycles. The molecule has 3 nitrogen and oxygen atoms in total. The van der Waals surface area contributed by atoms with Gasteiger partial charge in [0.05, 0.1) is 5.56 Å². The Labute approximate surface area is 122 Å². The summed E-state index contributed by atoms with van der Waals surface area (Å²) in [5.74, 6) is -0.896. The first-order chi connectivity index (χ1) is 8.88. The van der Waals surface area contributed by atoms with Crippen LogP contribution in [0.5, 0.6) is 0 Å². The van der Waals surface area contributed by atoms with E-state index in [0.29, 0.717) is 11.6 Å². The van der Waals surface area contributed by atoms with E-state index in [-0.39, 0.29) is 5.41 Å². The van der Waals surface area contributed by atoms with E-state index in [1.807, 2.05) is 6.07 Å². The summed E-state index contributed by atoms with van der Waals surface area (Å²) in [4.78, 5) is 11.1. The number of halogens is 1. The van der Waals surface area contributed by atoms with Crippen LogP contribution in [0.15, 0.2) is 22.7 Å². The Hall–Kier alpha value is -1.03. The molecule has 1 aromatic rings. The number of carboxylic acid groups (broad SMARTS) is 1. The highest BCUT2D eigenvalue weighted by atomic mass is 79.9. The Morgan fingerprint density at radius 1 is 1.37 bits per heavy atom. The first kappa shape index (κ1) is 14.4. The van der Waals surface area contributed by atoms with Gasteiger partial charge in [0.2, 0.25) is 0 Å². The van der Waals surface area contributed by atoms with Crippen molar-refractivity contribution in [3.8, 4) is 0 Å². The van der Waals surface area contributed by atoms with E-state index in [9.17, 15) is 4.79 Å². The lowest BCUT2D eigenvalue weighted by atomic mass is 9.73. The fourth-order valence-electron chi connectivity index (χ4n) is 2.76. The van der Waals surface area contributed by atoms with Crippen molar-refractivity contribution in [2.75, 3.05) is 5.32 Å². The Morgan fingerprint density at radius 3 is 2.74 bits per heavy atom. The van der Waals surface area contributed by atoms with Crippen molar-refractivity contribution in [1.29, 1.82) is 0 Å². The number of aromatic carboxylic acids is 1. The quantitative estimate of drug-likeness (QED) is 0.858. The van der Waals surface area contributed by atoms with E-state index in [1.165, 1.54) is 19.3 Å². The number of hydrogen-bond acceptors (Lipinski definition) is 2. The van der Waals surface area contributed by atoms with E-state index in [1.54, 1.807) is 12.1 Å². The molecule has 1 fully saturated rings. The molecule has 1 unspecified atom stereocenters. The monoisotopic (exact) mass is 325 g/mol. The minimum Gasteiger partial charge on any atom is -0.478 e. The van der Waals surface area contributed by atoms with Crippen LogP contribution in [-0.2, 0) is 0 Å². The van der Waals surface area contributed by atoms with E-state index >= 15 is 0 Å². The molecule has 19 heavy (non-hydrogen) atoms. The minimum absolute atomic E-state index is 0.254. The number of carboxylic acids is 1. The maximum absolute atomic E-state index is 11.1. The molecule has 4 heteroatoms. The summed E-state index contributed by atoms with van der Waals surface area (Å²) >= 11 is 3.37. The van der Waals surface area contributed by atoms with Gasteiger partial charge in [-0.2, -0.15) is 0 Å². The number of rotatable bonds is 3. The minimum atomic E-state index is -0.896. The molecule has 2 N–H and O–H groups in total. The van der Waals surface area contributed by atoms with Crippen LogP contribution in [0.2, 0.25) is 0 Å². The molecule has 0 spiro atoms. The van der Waals surface area contributed by atoms with Crippen molar-refractivity contribution >= 4 is 27.6 Å². The van der Waals surface area contributed by atoms with Crippen molar-refractivity contribution in [1.82, 2.24) is 0 Å². The first-order valence-corrected chi connectivity index (χ1v) is 7.48. The summed E-state index contributed by atoms with van der Waals surface area (Å²) in [6.45, 7) is 4.56. The molecule has 0 amide bonds. The molecule has 0 aliphatic heterocycles. The van der Waals surface area contributed by atoms with Crippen LogP contribution in [0.4, 0.5) is 5.69 Å². The van der Waals surface area contributed by atoms with Crippen LogP contribution >= 0.6 is 15.9 Å². The number of nitrogens with one attached hydrogen (secondary N) is 1. The largest absolute Gasteiger partial charge is 0.478 e. The topological polar surface area (TPSA) is 49.3 Å². The molecule has 0 radical (unpaired) electrons. The zero-order valence-corrected chi connectivity index (χ0v) is 13.0. The fraction of sp³-hybridized carbons (Fsp3) is 0.533. The van der Waals surface area contributed by atoms with Gasteiger partial charge in [-0.15, -0.1) is 0 Å². The van der Waals surface area contributed by atoms with E-state index < -0.39 is 5.97 Å². The zero-order valence-electron chi connectivity index (χ0n) is 11.4. The molecular formula is C15H20BrNO2. The molecule has 0 bridgehead atoms. The zero-order chi connectivity index (χ0) is 14.0. The highest BCUT2D eigenvalue weighted by Crippen LogP contribution is 2.37. The molecule has 2 rings (SSSR count). The molecule has 104 valence electrons. The molecule has 0 aromatic heterocycles. The van der Waals surface area contributed by atoms with Gasteiger partial charge in [0, 0.05) is 16.2 Å². The van der Waals surface area contributed by atoms with Gasteiger partial charge in [0.25, 0.3) is 0 Å². The third kappa shape index (κ3) is 3.50. The van der Waals surface area contributed by atoms with Crippen molar-refractivity contribution in [3.05, 3.63) is 28.2 Å². The van der Waals surface area contributed by atoms with Crippen LogP contribution in [0.3, 0.4) is 0 Å². The Bertz CT molecular complexity index is 485. The lowest BCUT2D eigenvalue weighted by molar-refractivity contribution is 0.0697. The Kier molecular flexibility index (Phi) is 4.19. The van der Waals surface area contributed by atoms with Gasteiger partial charge in [-0.1, -0.05) is 42.6 Å². The van der Waals surface area contributed by atoms with Gasteiger partial charge in [0.15, 0.2) is 0 Å². The van der Waals surface area contributed by atoms with Crippen LogP contribution < -0.4 is 5.32 Å². The Balaban J connectivity index is 2.20. The number of anilines is 1. The highest BCUT2D eigenvalue weighted by molar-refractivity contribution is 9.10. The van der Waals surface area contributed by atoms with Crippen molar-refractivity contribution < 1.29 is 9.90 Å². The van der Waals surface area contributed by atoms with Crippen molar-refractivity contribution in [3.63, 3.8) is 0 Å². The summed E-state index contributed by atoms with van der Waals surface area (Å²) in [6.07, 6.45) is 4.87. The lowest BCUT2D eigenvalue weighted by Crippen LogP contribution is -2.38. The van der Waals surface area contributed by atoms with Crippen molar-refractivity contribution in [2.45, 2.75) is 45.6 Å². The summed E-state index contributed by atoms with van der Waals surface area (Å²) < 4.78 is 0.795. The Morgan fingerprint density at radius 2 is 2.11 bits per heavy atom. The normalized spacial score (nSPS) is 21.9. The standard InChI is InChI=1S/C15H20BrNO2/c1-15(2)6-4-3-5-13(15)17-12-8-10(14(18)19)7-11(16)9-12/h7-9,13,17H,3-6H2,1-2H3,(H,18,19). The molecule has 1 saturated carbocycles. The first-order valence-electron chi connectivity index (χ1n) is 6.69. The molecular weight excluding hydrogens is 306 g/mol. The van der Waals surface area contributed by atoms with Crippen LogP contribution in [0, 0.1) is 5.41 Å². The predicted molar refractivity (Wildman–Crippen MR) is 80.8 cm³/mol. The average molecular weight is 326 g/mol. The fourth-order valence-corrected chi connectivity index (χ4v) is 3.25. The highest BCUT2D eigenvalue weighted by Gasteiger charge is 2.32.